The molecule has 0 saturated heterocycles. The topological polar surface area (TPSA) is 38.7 Å². The van der Waals surface area contributed by atoms with Gasteiger partial charge in [-0.15, -0.1) is 0 Å². The minimum Gasteiger partial charge on any atom is -0.496 e. The van der Waals surface area contributed by atoms with E-state index < -0.39 is 27.5 Å². The van der Waals surface area contributed by atoms with Crippen molar-refractivity contribution in [2.45, 2.75) is 31.7 Å². The SMILES string of the molecule is COc1cc(C(F)(F)F)ccc1/C=N/[S@](=O)C(C)(C)C. The molecule has 0 unspecified atom stereocenters. The number of nitrogens with zero attached hydrogens (tertiary/aromatic N) is 1. The second-order valence-corrected chi connectivity index (χ2v) is 6.98. The van der Waals surface area contributed by atoms with Gasteiger partial charge >= 0.3 is 6.18 Å². The first-order chi connectivity index (χ1) is 9.05. The highest BCUT2D eigenvalue weighted by Gasteiger charge is 2.31. The molecule has 0 saturated carbocycles. The Bertz CT molecular complexity index is 533. The van der Waals surface area contributed by atoms with Crippen LogP contribution >= 0.6 is 0 Å². The molecule has 20 heavy (non-hydrogen) atoms. The van der Waals surface area contributed by atoms with Crippen LogP contribution < -0.4 is 4.74 Å². The van der Waals surface area contributed by atoms with Crippen molar-refractivity contribution in [3.05, 3.63) is 29.3 Å². The Morgan fingerprint density at radius 3 is 2.30 bits per heavy atom. The lowest BCUT2D eigenvalue weighted by molar-refractivity contribution is -0.137. The molecule has 1 atom stereocenters. The third-order valence-electron chi connectivity index (χ3n) is 2.37. The first-order valence-corrected chi connectivity index (χ1v) is 6.87. The zero-order chi connectivity index (χ0) is 15.6. The van der Waals surface area contributed by atoms with Gasteiger partial charge in [0.2, 0.25) is 0 Å². The first kappa shape index (κ1) is 16.7. The normalized spacial score (nSPS) is 14.6. The van der Waals surface area contributed by atoms with Gasteiger partial charge in [0.25, 0.3) is 0 Å². The third kappa shape index (κ3) is 4.33. The van der Waals surface area contributed by atoms with Crippen molar-refractivity contribution in [2.24, 2.45) is 4.40 Å². The maximum atomic E-state index is 12.6. The van der Waals surface area contributed by atoms with Crippen molar-refractivity contribution in [1.82, 2.24) is 0 Å². The van der Waals surface area contributed by atoms with Crippen LogP contribution in [0.3, 0.4) is 0 Å². The van der Waals surface area contributed by atoms with E-state index in [1.165, 1.54) is 19.4 Å². The lowest BCUT2D eigenvalue weighted by Crippen LogP contribution is -2.19. The molecule has 0 aliphatic carbocycles. The van der Waals surface area contributed by atoms with Crippen molar-refractivity contribution >= 4 is 17.2 Å². The molecule has 1 aromatic carbocycles. The second kappa shape index (κ2) is 5.95. The highest BCUT2D eigenvalue weighted by atomic mass is 32.2. The number of rotatable bonds is 3. The largest absolute Gasteiger partial charge is 0.496 e. The summed E-state index contributed by atoms with van der Waals surface area (Å²) in [5.74, 6) is 0.0366. The lowest BCUT2D eigenvalue weighted by atomic mass is 10.1. The van der Waals surface area contributed by atoms with E-state index in [0.717, 1.165) is 12.1 Å². The van der Waals surface area contributed by atoms with Gasteiger partial charge in [0.15, 0.2) is 0 Å². The zero-order valence-corrected chi connectivity index (χ0v) is 12.4. The summed E-state index contributed by atoms with van der Waals surface area (Å²) in [6.45, 7) is 5.26. The first-order valence-electron chi connectivity index (χ1n) is 5.77. The number of ether oxygens (including phenoxy) is 1. The van der Waals surface area contributed by atoms with Crippen LogP contribution in [0, 0.1) is 0 Å². The molecule has 1 aromatic rings. The Labute approximate surface area is 118 Å². The fourth-order valence-corrected chi connectivity index (χ4v) is 1.78. The fourth-order valence-electron chi connectivity index (χ4n) is 1.26. The van der Waals surface area contributed by atoms with E-state index >= 15 is 0 Å². The molecule has 0 spiro atoms. The molecule has 0 heterocycles. The number of benzene rings is 1. The minimum atomic E-state index is -4.43. The average molecular weight is 307 g/mol. The molecule has 0 aliphatic rings. The predicted octanol–water partition coefficient (Wildman–Crippen LogP) is 3.60. The zero-order valence-electron chi connectivity index (χ0n) is 11.6. The van der Waals surface area contributed by atoms with E-state index in [0.29, 0.717) is 5.56 Å². The van der Waals surface area contributed by atoms with Gasteiger partial charge in [-0.1, -0.05) is 0 Å². The van der Waals surface area contributed by atoms with Crippen LogP contribution in [0.25, 0.3) is 0 Å². The van der Waals surface area contributed by atoms with Gasteiger partial charge in [-0.2, -0.15) is 17.6 Å². The molecule has 1 rings (SSSR count). The Balaban J connectivity index is 3.09. The van der Waals surface area contributed by atoms with E-state index in [4.69, 9.17) is 4.74 Å². The van der Waals surface area contributed by atoms with Crippen LogP contribution in [0.4, 0.5) is 13.2 Å². The van der Waals surface area contributed by atoms with Gasteiger partial charge in [-0.3, -0.25) is 0 Å². The molecule has 0 N–H and O–H groups in total. The third-order valence-corrected chi connectivity index (χ3v) is 3.72. The molecule has 112 valence electrons. The Morgan fingerprint density at radius 2 is 1.85 bits per heavy atom. The van der Waals surface area contributed by atoms with Gasteiger partial charge < -0.3 is 4.74 Å². The van der Waals surface area contributed by atoms with Gasteiger partial charge in [0.05, 0.1) is 17.4 Å². The van der Waals surface area contributed by atoms with Crippen LogP contribution in [0.1, 0.15) is 31.9 Å². The van der Waals surface area contributed by atoms with Crippen molar-refractivity contribution in [3.8, 4) is 5.75 Å². The fraction of sp³-hybridized carbons (Fsp3) is 0.462. The van der Waals surface area contributed by atoms with E-state index in [2.05, 4.69) is 4.40 Å². The summed E-state index contributed by atoms with van der Waals surface area (Å²) in [7, 11) is -0.207. The minimum absolute atomic E-state index is 0.0366. The second-order valence-electron chi connectivity index (χ2n) is 5.05. The summed E-state index contributed by atoms with van der Waals surface area (Å²) in [5, 5.41) is 0. The van der Waals surface area contributed by atoms with Gasteiger partial charge in [-0.25, -0.2) is 4.21 Å². The maximum absolute atomic E-state index is 12.6. The Hall–Kier alpha value is -1.37. The smallest absolute Gasteiger partial charge is 0.416 e. The van der Waals surface area contributed by atoms with Gasteiger partial charge in [-0.05, 0) is 39.0 Å². The number of hydrogen-bond donors (Lipinski definition) is 0. The summed E-state index contributed by atoms with van der Waals surface area (Å²) in [6.07, 6.45) is -3.17. The Morgan fingerprint density at radius 1 is 1.25 bits per heavy atom. The van der Waals surface area contributed by atoms with Crippen LogP contribution in [-0.2, 0) is 17.2 Å². The number of methoxy groups -OCH3 is 1. The predicted molar refractivity (Wildman–Crippen MR) is 73.5 cm³/mol. The van der Waals surface area contributed by atoms with Crippen LogP contribution in [-0.4, -0.2) is 22.3 Å². The molecule has 3 nitrogen and oxygen atoms in total. The summed E-state index contributed by atoms with van der Waals surface area (Å²) < 4.78 is 57.7. The van der Waals surface area contributed by atoms with E-state index in [1.807, 2.05) is 0 Å². The molecule has 0 aromatic heterocycles. The number of alkyl halides is 3. The highest BCUT2D eigenvalue weighted by Crippen LogP contribution is 2.32. The summed E-state index contributed by atoms with van der Waals surface area (Å²) in [4.78, 5) is 0. The van der Waals surface area contributed by atoms with E-state index in [9.17, 15) is 17.4 Å². The van der Waals surface area contributed by atoms with Crippen LogP contribution in [0.5, 0.6) is 5.75 Å². The summed E-state index contributed by atoms with van der Waals surface area (Å²) in [5.41, 5.74) is -0.457. The summed E-state index contributed by atoms with van der Waals surface area (Å²) >= 11 is 0. The van der Waals surface area contributed by atoms with Gasteiger partial charge in [0, 0.05) is 11.8 Å². The molecule has 7 heteroatoms. The maximum Gasteiger partial charge on any atom is 0.416 e. The van der Waals surface area contributed by atoms with E-state index in [-0.39, 0.29) is 5.75 Å². The van der Waals surface area contributed by atoms with Crippen molar-refractivity contribution in [2.75, 3.05) is 7.11 Å². The molecule has 0 bridgehead atoms. The molecule has 0 radical (unpaired) electrons. The molecular formula is C13H16F3NO2S. The monoisotopic (exact) mass is 307 g/mol. The standard InChI is InChI=1S/C13H16F3NO2S/c1-12(2,3)20(18)17-8-9-5-6-10(13(14,15)16)7-11(9)19-4/h5-8H,1-4H3/b17-8+/t20-/m1/s1. The number of halogens is 3. The molecular weight excluding hydrogens is 291 g/mol. The molecule has 0 amide bonds. The molecule has 0 aliphatic heterocycles. The quantitative estimate of drug-likeness (QED) is 0.800. The number of hydrogen-bond acceptors (Lipinski definition) is 2. The average Bonchev–Trinajstić information content (AvgIpc) is 2.33. The molecule has 0 fully saturated rings. The Kier molecular flexibility index (Phi) is 4.96. The van der Waals surface area contributed by atoms with Crippen LogP contribution in [0.15, 0.2) is 22.6 Å². The van der Waals surface area contributed by atoms with Gasteiger partial charge in [0.1, 0.15) is 16.7 Å². The summed E-state index contributed by atoms with van der Waals surface area (Å²) in [6, 6.07) is 3.07. The van der Waals surface area contributed by atoms with Crippen molar-refractivity contribution in [3.63, 3.8) is 0 Å². The van der Waals surface area contributed by atoms with Crippen molar-refractivity contribution < 1.29 is 22.1 Å². The van der Waals surface area contributed by atoms with Crippen molar-refractivity contribution in [1.29, 1.82) is 0 Å². The van der Waals surface area contributed by atoms with E-state index in [1.54, 1.807) is 20.8 Å². The highest BCUT2D eigenvalue weighted by molar-refractivity contribution is 7.85. The lowest BCUT2D eigenvalue weighted by Gasteiger charge is -2.13. The van der Waals surface area contributed by atoms with Crippen LogP contribution in [0.2, 0.25) is 0 Å².